The van der Waals surface area contributed by atoms with Crippen LogP contribution in [0.1, 0.15) is 76.6 Å². The Bertz CT molecular complexity index is 1150. The molecule has 0 radical (unpaired) electrons. The van der Waals surface area contributed by atoms with Crippen LogP contribution in [0.15, 0.2) is 42.5 Å². The number of carbonyl (C=O) groups is 3. The predicted molar refractivity (Wildman–Crippen MR) is 148 cm³/mol. The molecule has 38 heavy (non-hydrogen) atoms. The van der Waals surface area contributed by atoms with E-state index in [0.717, 1.165) is 24.0 Å². The number of benzene rings is 2. The third kappa shape index (κ3) is 7.27. The fourth-order valence-electron chi connectivity index (χ4n) is 4.49. The van der Waals surface area contributed by atoms with Crippen molar-refractivity contribution in [2.45, 2.75) is 91.5 Å². The van der Waals surface area contributed by atoms with Crippen molar-refractivity contribution in [3.05, 3.63) is 59.2 Å². The topological polar surface area (TPSA) is 108 Å². The maximum absolute atomic E-state index is 14.2. The molecular weight excluding hydrogens is 482 g/mol. The van der Waals surface area contributed by atoms with Crippen molar-refractivity contribution in [3.8, 4) is 5.75 Å². The van der Waals surface area contributed by atoms with E-state index in [4.69, 9.17) is 4.74 Å². The predicted octanol–water partition coefficient (Wildman–Crippen LogP) is 5.62. The first-order valence-electron chi connectivity index (χ1n) is 13.3. The first-order chi connectivity index (χ1) is 17.8. The van der Waals surface area contributed by atoms with Crippen LogP contribution in [0.2, 0.25) is 0 Å². The van der Waals surface area contributed by atoms with Crippen LogP contribution in [-0.2, 0) is 14.3 Å². The summed E-state index contributed by atoms with van der Waals surface area (Å²) in [6.45, 7) is 13.0. The molecule has 0 saturated heterocycles. The van der Waals surface area contributed by atoms with E-state index in [0.29, 0.717) is 17.7 Å². The monoisotopic (exact) mass is 523 g/mol. The van der Waals surface area contributed by atoms with Gasteiger partial charge in [0.15, 0.2) is 0 Å². The second kappa shape index (κ2) is 11.9. The molecule has 0 bridgehead atoms. The standard InChI is InChI=1S/C30H41N3O5/c1-8-18(2)25(32-29(37)38-30(5,6)7)28(36)33(22-15-16-22)26(21-13-10-14-23(34)17-21)27(35)31-24-19(3)11-9-12-20(24)4/h9-14,17-18,22,25-26,34H,8,15-16H2,1-7H3,(H,31,35)(H,32,37). The zero-order chi connectivity index (χ0) is 28.2. The van der Waals surface area contributed by atoms with E-state index in [1.54, 1.807) is 37.8 Å². The Labute approximate surface area is 225 Å². The number of para-hydroxylation sites is 1. The molecule has 3 amide bonds. The number of alkyl carbamates (subject to hydrolysis) is 1. The van der Waals surface area contributed by atoms with Gasteiger partial charge < -0.3 is 25.4 Å². The third-order valence-electron chi connectivity index (χ3n) is 6.79. The van der Waals surface area contributed by atoms with E-state index in [-0.39, 0.29) is 29.5 Å². The van der Waals surface area contributed by atoms with Crippen molar-refractivity contribution in [1.29, 1.82) is 0 Å². The fraction of sp³-hybridized carbons (Fsp3) is 0.500. The zero-order valence-corrected chi connectivity index (χ0v) is 23.5. The maximum atomic E-state index is 14.2. The van der Waals surface area contributed by atoms with Crippen molar-refractivity contribution in [3.63, 3.8) is 0 Å². The number of hydrogen-bond donors (Lipinski definition) is 3. The number of nitrogens with one attached hydrogen (secondary N) is 2. The quantitative estimate of drug-likeness (QED) is 0.395. The molecule has 206 valence electrons. The Balaban J connectivity index is 2.03. The molecule has 1 fully saturated rings. The molecule has 1 saturated carbocycles. The van der Waals surface area contributed by atoms with Crippen LogP contribution in [0, 0.1) is 19.8 Å². The third-order valence-corrected chi connectivity index (χ3v) is 6.79. The van der Waals surface area contributed by atoms with Crippen molar-refractivity contribution in [2.24, 2.45) is 5.92 Å². The molecule has 0 spiro atoms. The summed E-state index contributed by atoms with van der Waals surface area (Å²) < 4.78 is 5.45. The summed E-state index contributed by atoms with van der Waals surface area (Å²) in [5, 5.41) is 16.1. The van der Waals surface area contributed by atoms with E-state index in [1.807, 2.05) is 45.9 Å². The molecular formula is C30H41N3O5. The van der Waals surface area contributed by atoms with Gasteiger partial charge in [-0.1, -0.05) is 50.6 Å². The van der Waals surface area contributed by atoms with Gasteiger partial charge >= 0.3 is 6.09 Å². The molecule has 3 atom stereocenters. The molecule has 2 aromatic carbocycles. The highest BCUT2D eigenvalue weighted by Crippen LogP contribution is 2.38. The van der Waals surface area contributed by atoms with Gasteiger partial charge in [-0.15, -0.1) is 0 Å². The molecule has 3 N–H and O–H groups in total. The van der Waals surface area contributed by atoms with Crippen LogP contribution in [0.25, 0.3) is 0 Å². The summed E-state index contributed by atoms with van der Waals surface area (Å²) in [5.41, 5.74) is 2.27. The van der Waals surface area contributed by atoms with Crippen molar-refractivity contribution in [1.82, 2.24) is 10.2 Å². The molecule has 8 nitrogen and oxygen atoms in total. The van der Waals surface area contributed by atoms with Crippen molar-refractivity contribution >= 4 is 23.6 Å². The number of amides is 3. The summed E-state index contributed by atoms with van der Waals surface area (Å²) in [6, 6.07) is 10.1. The number of phenolic OH excluding ortho intramolecular Hbond substituents is 1. The number of hydrogen-bond acceptors (Lipinski definition) is 5. The fourth-order valence-corrected chi connectivity index (χ4v) is 4.49. The highest BCUT2D eigenvalue weighted by molar-refractivity contribution is 6.00. The van der Waals surface area contributed by atoms with Gasteiger partial charge in [0.2, 0.25) is 5.91 Å². The number of ether oxygens (including phenoxy) is 1. The Morgan fingerprint density at radius 3 is 2.21 bits per heavy atom. The number of aromatic hydroxyl groups is 1. The molecule has 3 unspecified atom stereocenters. The largest absolute Gasteiger partial charge is 0.508 e. The Morgan fingerprint density at radius 1 is 1.08 bits per heavy atom. The molecule has 3 rings (SSSR count). The summed E-state index contributed by atoms with van der Waals surface area (Å²) in [7, 11) is 0. The van der Waals surface area contributed by atoms with Gasteiger partial charge in [0.05, 0.1) is 0 Å². The van der Waals surface area contributed by atoms with Gasteiger partial charge in [0, 0.05) is 11.7 Å². The average molecular weight is 524 g/mol. The number of aryl methyl sites for hydroxylation is 2. The Hall–Kier alpha value is -3.55. The van der Waals surface area contributed by atoms with Crippen LogP contribution in [0.4, 0.5) is 10.5 Å². The minimum Gasteiger partial charge on any atom is -0.508 e. The number of anilines is 1. The number of phenols is 1. The first-order valence-corrected chi connectivity index (χ1v) is 13.3. The lowest BCUT2D eigenvalue weighted by atomic mass is 9.95. The SMILES string of the molecule is CCC(C)C(NC(=O)OC(C)(C)C)C(=O)N(C1CC1)C(C(=O)Nc1c(C)cccc1C)c1cccc(O)c1. The van der Waals surface area contributed by atoms with Crippen LogP contribution in [0.3, 0.4) is 0 Å². The average Bonchev–Trinajstić information content (AvgIpc) is 3.66. The second-order valence-corrected chi connectivity index (χ2v) is 11.2. The zero-order valence-electron chi connectivity index (χ0n) is 23.5. The molecule has 0 aromatic heterocycles. The van der Waals surface area contributed by atoms with E-state index < -0.39 is 23.8 Å². The molecule has 2 aromatic rings. The molecule has 1 aliphatic carbocycles. The summed E-state index contributed by atoms with van der Waals surface area (Å²) >= 11 is 0. The normalized spacial score (nSPS) is 15.7. The minimum atomic E-state index is -1.01. The maximum Gasteiger partial charge on any atom is 0.408 e. The molecule has 0 aliphatic heterocycles. The lowest BCUT2D eigenvalue weighted by molar-refractivity contribution is -0.142. The van der Waals surface area contributed by atoms with Gasteiger partial charge in [0.25, 0.3) is 5.91 Å². The van der Waals surface area contributed by atoms with E-state index in [9.17, 15) is 19.5 Å². The van der Waals surface area contributed by atoms with Gasteiger partial charge in [-0.2, -0.15) is 0 Å². The highest BCUT2D eigenvalue weighted by atomic mass is 16.6. The highest BCUT2D eigenvalue weighted by Gasteiger charge is 2.45. The van der Waals surface area contributed by atoms with E-state index in [2.05, 4.69) is 10.6 Å². The van der Waals surface area contributed by atoms with Gasteiger partial charge in [0.1, 0.15) is 23.4 Å². The minimum absolute atomic E-state index is 0.000856. The lowest BCUT2D eigenvalue weighted by Gasteiger charge is -2.36. The van der Waals surface area contributed by atoms with Gasteiger partial charge in [-0.25, -0.2) is 4.79 Å². The van der Waals surface area contributed by atoms with E-state index >= 15 is 0 Å². The summed E-state index contributed by atoms with van der Waals surface area (Å²) in [5.74, 6) is -0.935. The number of carbonyl (C=O) groups excluding carboxylic acids is 3. The van der Waals surface area contributed by atoms with Crippen LogP contribution < -0.4 is 10.6 Å². The van der Waals surface area contributed by atoms with Crippen molar-refractivity contribution < 1.29 is 24.2 Å². The second-order valence-electron chi connectivity index (χ2n) is 11.2. The van der Waals surface area contributed by atoms with E-state index in [1.165, 1.54) is 12.1 Å². The van der Waals surface area contributed by atoms with Gasteiger partial charge in [-0.3, -0.25) is 9.59 Å². The number of rotatable bonds is 9. The molecule has 0 heterocycles. The van der Waals surface area contributed by atoms with Crippen molar-refractivity contribution in [2.75, 3.05) is 5.32 Å². The lowest BCUT2D eigenvalue weighted by Crippen LogP contribution is -2.55. The van der Waals surface area contributed by atoms with Gasteiger partial charge in [-0.05, 0) is 82.2 Å². The molecule has 8 heteroatoms. The molecule has 1 aliphatic rings. The smallest absolute Gasteiger partial charge is 0.408 e. The van der Waals surface area contributed by atoms with Crippen LogP contribution in [-0.4, -0.2) is 45.6 Å². The first kappa shape index (κ1) is 29.0. The Kier molecular flexibility index (Phi) is 9.07. The number of nitrogens with zero attached hydrogens (tertiary/aromatic N) is 1. The Morgan fingerprint density at radius 2 is 1.68 bits per heavy atom. The summed E-state index contributed by atoms with van der Waals surface area (Å²) in [4.78, 5) is 42.5. The van der Waals surface area contributed by atoms with Crippen LogP contribution in [0.5, 0.6) is 5.75 Å². The van der Waals surface area contributed by atoms with Crippen LogP contribution >= 0.6 is 0 Å². The summed E-state index contributed by atoms with van der Waals surface area (Å²) in [6.07, 6.45) is 1.45.